The lowest BCUT2D eigenvalue weighted by atomic mass is 10.2. The van der Waals surface area contributed by atoms with Gasteiger partial charge in [-0.3, -0.25) is 0 Å². The van der Waals surface area contributed by atoms with Crippen LogP contribution in [-0.4, -0.2) is 36.0 Å². The minimum Gasteiger partial charge on any atom is -0.368 e. The zero-order chi connectivity index (χ0) is 10.2. The van der Waals surface area contributed by atoms with Crippen molar-refractivity contribution < 1.29 is 19.7 Å². The first-order chi connectivity index (χ1) is 6.79. The van der Waals surface area contributed by atoms with Crippen LogP contribution in [0.3, 0.4) is 0 Å². The number of aliphatic hydroxyl groups is 2. The van der Waals surface area contributed by atoms with E-state index in [0.29, 0.717) is 0 Å². The summed E-state index contributed by atoms with van der Waals surface area (Å²) >= 11 is 0. The molecule has 0 saturated carbocycles. The summed E-state index contributed by atoms with van der Waals surface area (Å²) in [7, 11) is 0. The van der Waals surface area contributed by atoms with E-state index in [4.69, 9.17) is 19.7 Å². The van der Waals surface area contributed by atoms with E-state index in [9.17, 15) is 0 Å². The van der Waals surface area contributed by atoms with Crippen molar-refractivity contribution in [3.63, 3.8) is 0 Å². The second-order valence-electron chi connectivity index (χ2n) is 3.64. The molecule has 0 spiro atoms. The van der Waals surface area contributed by atoms with Gasteiger partial charge in [0.25, 0.3) is 0 Å². The lowest BCUT2D eigenvalue weighted by Gasteiger charge is -2.16. The fourth-order valence-electron chi connectivity index (χ4n) is 1.45. The van der Waals surface area contributed by atoms with Gasteiger partial charge in [-0.05, 0) is 38.5 Å². The Balaban J connectivity index is 0.000000140. The standard InChI is InChI=1S/2C5H10O2/c2*6-5-3-1-2-4-7-5/h2*5-6H,1-4H2. The third-order valence-electron chi connectivity index (χ3n) is 2.31. The minimum absolute atomic E-state index is 0.464. The second-order valence-corrected chi connectivity index (χ2v) is 3.64. The average Bonchev–Trinajstić information content (AvgIpc) is 2.21. The maximum absolute atomic E-state index is 8.69. The van der Waals surface area contributed by atoms with Crippen molar-refractivity contribution in [1.82, 2.24) is 0 Å². The summed E-state index contributed by atoms with van der Waals surface area (Å²) in [4.78, 5) is 0. The Morgan fingerprint density at radius 3 is 1.29 bits per heavy atom. The highest BCUT2D eigenvalue weighted by Gasteiger charge is 2.08. The normalized spacial score (nSPS) is 33.0. The van der Waals surface area contributed by atoms with Gasteiger partial charge in [0.2, 0.25) is 0 Å². The number of ether oxygens (including phenoxy) is 2. The van der Waals surface area contributed by atoms with Gasteiger partial charge < -0.3 is 19.7 Å². The van der Waals surface area contributed by atoms with Crippen LogP contribution in [0.15, 0.2) is 0 Å². The first-order valence-electron chi connectivity index (χ1n) is 5.38. The molecule has 0 aromatic carbocycles. The second kappa shape index (κ2) is 7.17. The predicted molar refractivity (Wildman–Crippen MR) is 51.6 cm³/mol. The van der Waals surface area contributed by atoms with Gasteiger partial charge in [-0.2, -0.15) is 0 Å². The largest absolute Gasteiger partial charge is 0.368 e. The Kier molecular flexibility index (Phi) is 6.10. The van der Waals surface area contributed by atoms with Crippen LogP contribution in [0.5, 0.6) is 0 Å². The Morgan fingerprint density at radius 1 is 0.714 bits per heavy atom. The summed E-state index contributed by atoms with van der Waals surface area (Å²) in [5, 5.41) is 17.4. The lowest BCUT2D eigenvalue weighted by Crippen LogP contribution is -2.17. The molecular weight excluding hydrogens is 184 g/mol. The molecule has 2 heterocycles. The number of aliphatic hydroxyl groups excluding tert-OH is 2. The molecule has 0 amide bonds. The molecule has 2 fully saturated rings. The highest BCUT2D eigenvalue weighted by Crippen LogP contribution is 2.09. The zero-order valence-corrected chi connectivity index (χ0v) is 8.52. The van der Waals surface area contributed by atoms with Gasteiger partial charge in [0.05, 0.1) is 0 Å². The van der Waals surface area contributed by atoms with Crippen molar-refractivity contribution in [2.24, 2.45) is 0 Å². The van der Waals surface area contributed by atoms with E-state index in [2.05, 4.69) is 0 Å². The van der Waals surface area contributed by atoms with E-state index >= 15 is 0 Å². The first-order valence-corrected chi connectivity index (χ1v) is 5.38. The van der Waals surface area contributed by atoms with Gasteiger partial charge in [-0.25, -0.2) is 0 Å². The highest BCUT2D eigenvalue weighted by molar-refractivity contribution is 4.50. The Hall–Kier alpha value is -0.160. The highest BCUT2D eigenvalue weighted by atomic mass is 16.6. The Labute approximate surface area is 84.8 Å². The van der Waals surface area contributed by atoms with Gasteiger partial charge in [-0.15, -0.1) is 0 Å². The molecule has 2 N–H and O–H groups in total. The zero-order valence-electron chi connectivity index (χ0n) is 8.52. The van der Waals surface area contributed by atoms with Crippen LogP contribution in [0, 0.1) is 0 Å². The van der Waals surface area contributed by atoms with Crippen LogP contribution in [-0.2, 0) is 9.47 Å². The van der Waals surface area contributed by atoms with Gasteiger partial charge in [0, 0.05) is 13.2 Å². The number of hydrogen-bond donors (Lipinski definition) is 2. The van der Waals surface area contributed by atoms with Crippen LogP contribution >= 0.6 is 0 Å². The molecule has 2 aliphatic rings. The van der Waals surface area contributed by atoms with Crippen molar-refractivity contribution in [2.75, 3.05) is 13.2 Å². The molecule has 0 radical (unpaired) electrons. The van der Waals surface area contributed by atoms with Gasteiger partial charge in [-0.1, -0.05) is 0 Å². The summed E-state index contributed by atoms with van der Waals surface area (Å²) < 4.78 is 9.67. The molecule has 2 atom stereocenters. The van der Waals surface area contributed by atoms with Gasteiger partial charge in [0.1, 0.15) is 0 Å². The molecule has 2 rings (SSSR count). The molecule has 2 unspecified atom stereocenters. The molecular formula is C10H20O4. The van der Waals surface area contributed by atoms with E-state index in [-0.39, 0.29) is 0 Å². The van der Waals surface area contributed by atoms with Crippen LogP contribution in [0.4, 0.5) is 0 Å². The monoisotopic (exact) mass is 204 g/mol. The topological polar surface area (TPSA) is 58.9 Å². The molecule has 0 aromatic rings. The van der Waals surface area contributed by atoms with E-state index in [1.165, 1.54) is 0 Å². The fraction of sp³-hybridized carbons (Fsp3) is 1.00. The van der Waals surface area contributed by atoms with Crippen LogP contribution in [0.2, 0.25) is 0 Å². The number of hydrogen-bond acceptors (Lipinski definition) is 4. The average molecular weight is 204 g/mol. The smallest absolute Gasteiger partial charge is 0.154 e. The van der Waals surface area contributed by atoms with Crippen molar-refractivity contribution in [3.8, 4) is 0 Å². The summed E-state index contributed by atoms with van der Waals surface area (Å²) in [6, 6.07) is 0. The maximum atomic E-state index is 8.69. The molecule has 2 saturated heterocycles. The Bertz CT molecular complexity index is 112. The molecule has 4 heteroatoms. The maximum Gasteiger partial charge on any atom is 0.154 e. The third kappa shape index (κ3) is 5.54. The van der Waals surface area contributed by atoms with Crippen molar-refractivity contribution in [1.29, 1.82) is 0 Å². The van der Waals surface area contributed by atoms with E-state index in [0.717, 1.165) is 51.7 Å². The first kappa shape index (κ1) is 11.9. The molecule has 0 aromatic heterocycles. The summed E-state index contributed by atoms with van der Waals surface area (Å²) in [5.41, 5.74) is 0. The molecule has 0 bridgehead atoms. The molecule has 14 heavy (non-hydrogen) atoms. The van der Waals surface area contributed by atoms with Crippen LogP contribution < -0.4 is 0 Å². The van der Waals surface area contributed by atoms with Crippen LogP contribution in [0.25, 0.3) is 0 Å². The molecule has 4 nitrogen and oxygen atoms in total. The number of rotatable bonds is 0. The van der Waals surface area contributed by atoms with E-state index < -0.39 is 12.6 Å². The van der Waals surface area contributed by atoms with Crippen molar-refractivity contribution in [2.45, 2.75) is 51.1 Å². The fourth-order valence-corrected chi connectivity index (χ4v) is 1.45. The van der Waals surface area contributed by atoms with E-state index in [1.54, 1.807) is 0 Å². The summed E-state index contributed by atoms with van der Waals surface area (Å²) in [6.07, 6.45) is 5.15. The molecule has 84 valence electrons. The SMILES string of the molecule is OC1CCCCO1.OC1CCCCO1. The minimum atomic E-state index is -0.464. The summed E-state index contributed by atoms with van der Waals surface area (Å²) in [5.74, 6) is 0. The Morgan fingerprint density at radius 2 is 1.14 bits per heavy atom. The van der Waals surface area contributed by atoms with Crippen molar-refractivity contribution >= 4 is 0 Å². The van der Waals surface area contributed by atoms with Crippen molar-refractivity contribution in [3.05, 3.63) is 0 Å². The molecule has 0 aliphatic carbocycles. The lowest BCUT2D eigenvalue weighted by molar-refractivity contribution is -0.123. The van der Waals surface area contributed by atoms with Gasteiger partial charge in [0.15, 0.2) is 12.6 Å². The summed E-state index contributed by atoms with van der Waals surface area (Å²) in [6.45, 7) is 1.47. The van der Waals surface area contributed by atoms with Crippen LogP contribution in [0.1, 0.15) is 38.5 Å². The quantitative estimate of drug-likeness (QED) is 0.618. The van der Waals surface area contributed by atoms with Gasteiger partial charge >= 0.3 is 0 Å². The van der Waals surface area contributed by atoms with E-state index in [1.807, 2.05) is 0 Å². The predicted octanol–water partition coefficient (Wildman–Crippen LogP) is 1.01. The third-order valence-corrected chi connectivity index (χ3v) is 2.31. The molecule has 2 aliphatic heterocycles.